The number of fused-ring (bicyclic) bond motifs is 1. The highest BCUT2D eigenvalue weighted by atomic mass is 16.1. The Balaban J connectivity index is 2.14. The molecule has 16 heavy (non-hydrogen) atoms. The van der Waals surface area contributed by atoms with Crippen LogP contribution in [0, 0.1) is 5.92 Å². The van der Waals surface area contributed by atoms with Gasteiger partial charge in [-0.2, -0.15) is 0 Å². The minimum absolute atomic E-state index is 0.0256. The molecule has 0 radical (unpaired) electrons. The number of amides is 1. The number of benzene rings is 1. The quantitative estimate of drug-likeness (QED) is 0.796. The molecular weight excluding hydrogens is 200 g/mol. The van der Waals surface area contributed by atoms with Gasteiger partial charge < -0.3 is 10.6 Å². The van der Waals surface area contributed by atoms with E-state index in [1.165, 1.54) is 11.1 Å². The molecule has 1 aromatic carbocycles. The average molecular weight is 218 g/mol. The SMILES string of the molecule is CC(C)C(=O)Nc1ccc2c(c1)CCNC2. The number of rotatable bonds is 2. The third-order valence-corrected chi connectivity index (χ3v) is 2.88. The van der Waals surface area contributed by atoms with Crippen molar-refractivity contribution in [1.29, 1.82) is 0 Å². The van der Waals surface area contributed by atoms with Crippen LogP contribution in [0.3, 0.4) is 0 Å². The molecule has 2 N–H and O–H groups in total. The van der Waals surface area contributed by atoms with Crippen LogP contribution in [0.25, 0.3) is 0 Å². The number of hydrogen-bond donors (Lipinski definition) is 2. The van der Waals surface area contributed by atoms with Crippen molar-refractivity contribution in [3.63, 3.8) is 0 Å². The zero-order chi connectivity index (χ0) is 11.5. The van der Waals surface area contributed by atoms with Gasteiger partial charge in [-0.05, 0) is 36.2 Å². The maximum Gasteiger partial charge on any atom is 0.226 e. The molecule has 0 bridgehead atoms. The van der Waals surface area contributed by atoms with E-state index in [0.717, 1.165) is 25.2 Å². The molecule has 0 aromatic heterocycles. The van der Waals surface area contributed by atoms with Crippen molar-refractivity contribution in [2.45, 2.75) is 26.8 Å². The normalized spacial score (nSPS) is 14.7. The van der Waals surface area contributed by atoms with Gasteiger partial charge >= 0.3 is 0 Å². The fraction of sp³-hybridized carbons (Fsp3) is 0.462. The van der Waals surface area contributed by atoms with E-state index >= 15 is 0 Å². The first kappa shape index (κ1) is 11.1. The van der Waals surface area contributed by atoms with E-state index in [1.807, 2.05) is 19.9 Å². The molecule has 0 aliphatic carbocycles. The van der Waals surface area contributed by atoms with Gasteiger partial charge in [0.25, 0.3) is 0 Å². The monoisotopic (exact) mass is 218 g/mol. The van der Waals surface area contributed by atoms with Crippen LogP contribution < -0.4 is 10.6 Å². The highest BCUT2D eigenvalue weighted by Crippen LogP contribution is 2.19. The first-order chi connectivity index (χ1) is 7.66. The first-order valence-electron chi connectivity index (χ1n) is 5.80. The molecular formula is C13H18N2O. The number of anilines is 1. The van der Waals surface area contributed by atoms with Crippen LogP contribution in [0.5, 0.6) is 0 Å². The van der Waals surface area contributed by atoms with Crippen LogP contribution in [-0.2, 0) is 17.8 Å². The van der Waals surface area contributed by atoms with Crippen molar-refractivity contribution in [3.05, 3.63) is 29.3 Å². The number of nitrogens with one attached hydrogen (secondary N) is 2. The second-order valence-electron chi connectivity index (χ2n) is 4.55. The Bertz CT molecular complexity index is 399. The van der Waals surface area contributed by atoms with Gasteiger partial charge in [0, 0.05) is 18.2 Å². The summed E-state index contributed by atoms with van der Waals surface area (Å²) in [7, 11) is 0. The molecule has 0 fully saturated rings. The zero-order valence-electron chi connectivity index (χ0n) is 9.84. The Kier molecular flexibility index (Phi) is 3.25. The molecule has 0 unspecified atom stereocenters. The summed E-state index contributed by atoms with van der Waals surface area (Å²) in [4.78, 5) is 11.6. The summed E-state index contributed by atoms with van der Waals surface area (Å²) in [5, 5.41) is 6.26. The lowest BCUT2D eigenvalue weighted by atomic mass is 10.0. The lowest BCUT2D eigenvalue weighted by molar-refractivity contribution is -0.118. The van der Waals surface area contributed by atoms with E-state index in [0.29, 0.717) is 0 Å². The van der Waals surface area contributed by atoms with Gasteiger partial charge in [-0.15, -0.1) is 0 Å². The molecule has 1 heterocycles. The zero-order valence-corrected chi connectivity index (χ0v) is 9.84. The van der Waals surface area contributed by atoms with Crippen LogP contribution >= 0.6 is 0 Å². The van der Waals surface area contributed by atoms with Crippen molar-refractivity contribution in [2.75, 3.05) is 11.9 Å². The maximum absolute atomic E-state index is 11.6. The summed E-state index contributed by atoms with van der Waals surface area (Å²) in [6.07, 6.45) is 1.04. The maximum atomic E-state index is 11.6. The van der Waals surface area contributed by atoms with E-state index in [1.54, 1.807) is 0 Å². The smallest absolute Gasteiger partial charge is 0.226 e. The Hall–Kier alpha value is -1.35. The minimum atomic E-state index is 0.0256. The Morgan fingerprint density at radius 3 is 2.94 bits per heavy atom. The highest BCUT2D eigenvalue weighted by Gasteiger charge is 2.11. The summed E-state index contributed by atoms with van der Waals surface area (Å²) < 4.78 is 0. The summed E-state index contributed by atoms with van der Waals surface area (Å²) >= 11 is 0. The van der Waals surface area contributed by atoms with E-state index in [4.69, 9.17) is 0 Å². The van der Waals surface area contributed by atoms with E-state index < -0.39 is 0 Å². The molecule has 0 saturated carbocycles. The Labute approximate surface area is 96.2 Å². The third-order valence-electron chi connectivity index (χ3n) is 2.88. The molecule has 86 valence electrons. The number of carbonyl (C=O) groups excluding carboxylic acids is 1. The van der Waals surface area contributed by atoms with Gasteiger partial charge in [-0.3, -0.25) is 4.79 Å². The molecule has 0 saturated heterocycles. The summed E-state index contributed by atoms with van der Waals surface area (Å²) in [6.45, 7) is 5.76. The summed E-state index contributed by atoms with van der Waals surface area (Å²) in [5.74, 6) is 0.103. The summed E-state index contributed by atoms with van der Waals surface area (Å²) in [6, 6.07) is 6.17. The van der Waals surface area contributed by atoms with Gasteiger partial charge in [0.15, 0.2) is 0 Å². The van der Waals surface area contributed by atoms with Gasteiger partial charge in [0.05, 0.1) is 0 Å². The molecule has 1 aromatic rings. The topological polar surface area (TPSA) is 41.1 Å². The molecule has 1 aliphatic rings. The van der Waals surface area contributed by atoms with E-state index in [-0.39, 0.29) is 11.8 Å². The van der Waals surface area contributed by atoms with Crippen molar-refractivity contribution >= 4 is 11.6 Å². The minimum Gasteiger partial charge on any atom is -0.326 e. The average Bonchev–Trinajstić information content (AvgIpc) is 2.28. The fourth-order valence-corrected chi connectivity index (χ4v) is 1.84. The van der Waals surface area contributed by atoms with E-state index in [9.17, 15) is 4.79 Å². The molecule has 1 aliphatic heterocycles. The van der Waals surface area contributed by atoms with Crippen LogP contribution in [0.1, 0.15) is 25.0 Å². The molecule has 0 atom stereocenters. The summed E-state index contributed by atoms with van der Waals surface area (Å²) in [5.41, 5.74) is 3.61. The van der Waals surface area contributed by atoms with Crippen LogP contribution in [0.15, 0.2) is 18.2 Å². The lowest BCUT2D eigenvalue weighted by Gasteiger charge is -2.18. The predicted molar refractivity (Wildman–Crippen MR) is 65.3 cm³/mol. The standard InChI is InChI=1S/C13H18N2O/c1-9(2)13(16)15-12-4-3-11-8-14-6-5-10(11)7-12/h3-4,7,9,14H,5-6,8H2,1-2H3,(H,15,16). The van der Waals surface area contributed by atoms with Crippen LogP contribution in [0.2, 0.25) is 0 Å². The van der Waals surface area contributed by atoms with E-state index in [2.05, 4.69) is 22.8 Å². The number of hydrogen-bond acceptors (Lipinski definition) is 2. The molecule has 2 rings (SSSR count). The second-order valence-corrected chi connectivity index (χ2v) is 4.55. The van der Waals surface area contributed by atoms with Crippen molar-refractivity contribution in [3.8, 4) is 0 Å². The molecule has 3 heteroatoms. The highest BCUT2D eigenvalue weighted by molar-refractivity contribution is 5.92. The van der Waals surface area contributed by atoms with Crippen LogP contribution in [-0.4, -0.2) is 12.5 Å². The fourth-order valence-electron chi connectivity index (χ4n) is 1.84. The largest absolute Gasteiger partial charge is 0.326 e. The second kappa shape index (κ2) is 4.66. The van der Waals surface area contributed by atoms with Gasteiger partial charge in [0.1, 0.15) is 0 Å². The third kappa shape index (κ3) is 2.42. The predicted octanol–water partition coefficient (Wildman–Crippen LogP) is 1.93. The van der Waals surface area contributed by atoms with Gasteiger partial charge in [0.2, 0.25) is 5.91 Å². The van der Waals surface area contributed by atoms with Crippen molar-refractivity contribution < 1.29 is 4.79 Å². The Morgan fingerprint density at radius 1 is 1.38 bits per heavy atom. The van der Waals surface area contributed by atoms with Gasteiger partial charge in [-0.1, -0.05) is 19.9 Å². The van der Waals surface area contributed by atoms with Crippen molar-refractivity contribution in [1.82, 2.24) is 5.32 Å². The molecule has 3 nitrogen and oxygen atoms in total. The lowest BCUT2D eigenvalue weighted by Crippen LogP contribution is -2.24. The molecule has 0 spiro atoms. The van der Waals surface area contributed by atoms with Gasteiger partial charge in [-0.25, -0.2) is 0 Å². The Morgan fingerprint density at radius 2 is 2.19 bits per heavy atom. The number of carbonyl (C=O) groups is 1. The van der Waals surface area contributed by atoms with Crippen molar-refractivity contribution in [2.24, 2.45) is 5.92 Å². The van der Waals surface area contributed by atoms with Crippen LogP contribution in [0.4, 0.5) is 5.69 Å². The first-order valence-corrected chi connectivity index (χ1v) is 5.80. The molecule has 1 amide bonds.